The summed E-state index contributed by atoms with van der Waals surface area (Å²) in [5.41, 5.74) is 2.41. The van der Waals surface area contributed by atoms with Crippen molar-refractivity contribution in [2.45, 2.75) is 82.9 Å². The van der Waals surface area contributed by atoms with E-state index in [9.17, 15) is 19.7 Å². The number of phenols is 1. The molecule has 52 heavy (non-hydrogen) atoms. The summed E-state index contributed by atoms with van der Waals surface area (Å²) < 4.78 is 13.9. The first-order valence-corrected chi connectivity index (χ1v) is 20.9. The lowest BCUT2D eigenvalue weighted by atomic mass is 9.55. The molecule has 0 radical (unpaired) electrons. The number of likely N-dealkylation sites (tertiary alicyclic amines) is 1. The molecule has 9 heteroatoms. The number of amides is 2. The molecule has 0 spiro atoms. The van der Waals surface area contributed by atoms with Crippen LogP contribution in [0.2, 0.25) is 5.04 Å². The number of hydrogen-bond acceptors (Lipinski definition) is 6. The minimum atomic E-state index is -2.96. The van der Waals surface area contributed by atoms with Crippen molar-refractivity contribution in [1.29, 1.82) is 0 Å². The van der Waals surface area contributed by atoms with Gasteiger partial charge in [-0.05, 0) is 75.1 Å². The van der Waals surface area contributed by atoms with Gasteiger partial charge in [-0.25, -0.2) is 0 Å². The van der Waals surface area contributed by atoms with E-state index in [0.717, 1.165) is 59.0 Å². The van der Waals surface area contributed by atoms with Gasteiger partial charge in [-0.1, -0.05) is 131 Å². The van der Waals surface area contributed by atoms with Crippen LogP contribution in [-0.4, -0.2) is 54.9 Å². The first kappa shape index (κ1) is 35.0. The number of imide groups is 1. The normalized spacial score (nSPS) is 24.4. The molecule has 268 valence electrons. The van der Waals surface area contributed by atoms with E-state index >= 15 is 0 Å². The van der Waals surface area contributed by atoms with E-state index in [1.54, 1.807) is 11.0 Å². The van der Waals surface area contributed by atoms with Crippen molar-refractivity contribution in [1.82, 2.24) is 4.90 Å². The Morgan fingerprint density at radius 1 is 0.808 bits per heavy atom. The summed E-state index contributed by atoms with van der Waals surface area (Å²) in [7, 11) is -4.24. The van der Waals surface area contributed by atoms with Gasteiger partial charge in [0.2, 0.25) is 11.8 Å². The summed E-state index contributed by atoms with van der Waals surface area (Å²) in [4.78, 5) is 30.6. The van der Waals surface area contributed by atoms with E-state index in [2.05, 4.69) is 69.3 Å². The van der Waals surface area contributed by atoms with Crippen LogP contribution in [0.15, 0.2) is 108 Å². The highest BCUT2D eigenvalue weighted by molar-refractivity contribution is 6.99. The van der Waals surface area contributed by atoms with Crippen molar-refractivity contribution in [3.8, 4) is 5.75 Å². The Hall–Kier alpha value is -4.02. The molecular weight excluding hydrogens is 665 g/mol. The number of phenolic OH excluding ortho intramolecular Hbond substituents is 1. The largest absolute Gasteiger partial charge is 0.507 e. The highest BCUT2D eigenvalue weighted by Crippen LogP contribution is 2.53. The molecule has 2 heterocycles. The van der Waals surface area contributed by atoms with E-state index in [0.29, 0.717) is 23.7 Å². The molecule has 3 fully saturated rings. The maximum atomic E-state index is 14.5. The van der Waals surface area contributed by atoms with Gasteiger partial charge in [0, 0.05) is 11.4 Å². The van der Waals surface area contributed by atoms with E-state index in [4.69, 9.17) is 9.08 Å². The van der Waals surface area contributed by atoms with Crippen LogP contribution in [-0.2, 0) is 18.7 Å². The summed E-state index contributed by atoms with van der Waals surface area (Å²) in [5.74, 6) is -1.47. The molecule has 4 aromatic carbocycles. The van der Waals surface area contributed by atoms with Gasteiger partial charge in [-0.2, -0.15) is 0 Å². The van der Waals surface area contributed by atoms with Crippen LogP contribution in [0, 0.1) is 17.8 Å². The molecule has 2 aliphatic carbocycles. The van der Waals surface area contributed by atoms with E-state index in [1.807, 2.05) is 42.5 Å². The zero-order valence-electron chi connectivity index (χ0n) is 30.3. The summed E-state index contributed by atoms with van der Waals surface area (Å²) in [6.45, 7) is 6.94. The number of fused-ring (bicyclic) bond motifs is 4. The van der Waals surface area contributed by atoms with Crippen molar-refractivity contribution in [2.75, 3.05) is 6.61 Å². The maximum Gasteiger partial charge on any atom is 0.487 e. The van der Waals surface area contributed by atoms with Gasteiger partial charge >= 0.3 is 7.12 Å². The Morgan fingerprint density at radius 2 is 1.42 bits per heavy atom. The number of hydrogen-bond donors (Lipinski definition) is 2. The van der Waals surface area contributed by atoms with Crippen LogP contribution in [0.3, 0.4) is 0 Å². The van der Waals surface area contributed by atoms with E-state index in [-0.39, 0.29) is 35.3 Å². The minimum absolute atomic E-state index is 0.0683. The molecule has 0 bridgehead atoms. The predicted octanol–water partition coefficient (Wildman–Crippen LogP) is 6.85. The standard InChI is InChI=1S/C43H48BNO6Si/c1-43(2,3)52(30-17-9-5-10-18-30,31-19-11-6-12-20-31)50-27-28-25-36-39(42(48)45(41(36)47)29-15-7-4-8-16-29)35-26-38(51-44(49)40(28)35)34-23-24-37(46)33-22-14-13-21-32(33)34/h5-6,9-14,17-24,29,35-36,38-39,46,49H,4,7-8,15-16,25-27H2,1-3H3/t35-,36-,38-,39+/m0/s1. The quantitative estimate of drug-likeness (QED) is 0.161. The Balaban J connectivity index is 1.23. The second kappa shape index (κ2) is 13.8. The molecule has 2 N–H and O–H groups in total. The molecular formula is C43H48BNO6Si. The number of rotatable bonds is 7. The number of nitrogens with zero attached hydrogens (tertiary/aromatic N) is 1. The lowest BCUT2D eigenvalue weighted by Crippen LogP contribution is -2.66. The third kappa shape index (κ3) is 5.77. The molecule has 1 saturated carbocycles. The summed E-state index contributed by atoms with van der Waals surface area (Å²) >= 11 is 0. The third-order valence-corrected chi connectivity index (χ3v) is 17.3. The Bertz CT molecular complexity index is 1970. The van der Waals surface area contributed by atoms with Crippen LogP contribution >= 0.6 is 0 Å². The number of carbonyl (C=O) groups excluding carboxylic acids is 2. The van der Waals surface area contributed by atoms with Crippen molar-refractivity contribution in [2.24, 2.45) is 17.8 Å². The first-order chi connectivity index (χ1) is 25.1. The zero-order valence-corrected chi connectivity index (χ0v) is 31.3. The van der Waals surface area contributed by atoms with Gasteiger partial charge in [-0.15, -0.1) is 0 Å². The summed E-state index contributed by atoms with van der Waals surface area (Å²) in [6, 6.07) is 32.0. The second-order valence-corrected chi connectivity index (χ2v) is 20.5. The predicted molar refractivity (Wildman–Crippen MR) is 206 cm³/mol. The van der Waals surface area contributed by atoms with Crippen molar-refractivity contribution >= 4 is 48.4 Å². The topological polar surface area (TPSA) is 96.3 Å². The Morgan fingerprint density at radius 3 is 2.06 bits per heavy atom. The molecule has 2 saturated heterocycles. The average molecular weight is 714 g/mol. The lowest BCUT2D eigenvalue weighted by Gasteiger charge is -2.45. The van der Waals surface area contributed by atoms with Crippen molar-refractivity contribution < 1.29 is 28.8 Å². The molecule has 0 unspecified atom stereocenters. The molecule has 4 aliphatic rings. The van der Waals surface area contributed by atoms with Crippen molar-refractivity contribution in [3.05, 3.63) is 114 Å². The van der Waals surface area contributed by atoms with Gasteiger partial charge in [0.25, 0.3) is 8.32 Å². The van der Waals surface area contributed by atoms with Crippen LogP contribution in [0.1, 0.15) is 77.4 Å². The number of aromatic hydroxyl groups is 1. The van der Waals surface area contributed by atoms with Crippen molar-refractivity contribution in [3.63, 3.8) is 0 Å². The molecule has 7 nitrogen and oxygen atoms in total. The molecule has 2 amide bonds. The Kier molecular flexibility index (Phi) is 9.27. The van der Waals surface area contributed by atoms with Gasteiger partial charge in [-0.3, -0.25) is 14.5 Å². The lowest BCUT2D eigenvalue weighted by molar-refractivity contribution is -0.143. The molecule has 2 aliphatic heterocycles. The van der Waals surface area contributed by atoms with E-state index in [1.165, 1.54) is 0 Å². The minimum Gasteiger partial charge on any atom is -0.507 e. The molecule has 4 aromatic rings. The number of carbonyl (C=O) groups is 2. The average Bonchev–Trinajstić information content (AvgIpc) is 3.41. The third-order valence-electron chi connectivity index (χ3n) is 12.3. The number of allylic oxidation sites excluding steroid dienone is 1. The van der Waals surface area contributed by atoms with Gasteiger partial charge in [0.15, 0.2) is 0 Å². The second-order valence-electron chi connectivity index (χ2n) is 16.2. The first-order valence-electron chi connectivity index (χ1n) is 19.0. The fourth-order valence-corrected chi connectivity index (χ4v) is 14.6. The fraction of sp³-hybridized carbons (Fsp3) is 0.395. The monoisotopic (exact) mass is 713 g/mol. The van der Waals surface area contributed by atoms with E-state index < -0.39 is 39.3 Å². The van der Waals surface area contributed by atoms with Crippen LogP contribution < -0.4 is 10.4 Å². The smallest absolute Gasteiger partial charge is 0.487 e. The van der Waals surface area contributed by atoms with Crippen LogP contribution in [0.4, 0.5) is 0 Å². The van der Waals surface area contributed by atoms with Crippen LogP contribution in [0.5, 0.6) is 5.75 Å². The Labute approximate surface area is 307 Å². The molecule has 0 aromatic heterocycles. The zero-order chi connectivity index (χ0) is 36.2. The molecule has 4 atom stereocenters. The molecule has 8 rings (SSSR count). The van der Waals surface area contributed by atoms with Gasteiger partial charge in [0.1, 0.15) is 5.75 Å². The van der Waals surface area contributed by atoms with Gasteiger partial charge in [0.05, 0.1) is 24.5 Å². The highest BCUT2D eigenvalue weighted by Gasteiger charge is 2.59. The van der Waals surface area contributed by atoms with Gasteiger partial charge < -0.3 is 19.2 Å². The summed E-state index contributed by atoms with van der Waals surface area (Å²) in [6.07, 6.45) is 5.10. The fourth-order valence-electron chi connectivity index (χ4n) is 10.0. The number of benzene rings is 4. The highest BCUT2D eigenvalue weighted by atomic mass is 28.4. The summed E-state index contributed by atoms with van der Waals surface area (Å²) in [5, 5.41) is 26.3. The SMILES string of the molecule is CC(C)(C)[Si](OCC1=C2B(O)O[C@H](c3ccc(O)c4ccccc34)C[C@H]2[C@H]2C(=O)N(C3CCCCC3)C(=O)[C@H]2C1)(c1ccccc1)c1ccccc1. The van der Waals surface area contributed by atoms with Crippen LogP contribution in [0.25, 0.3) is 10.8 Å². The maximum absolute atomic E-state index is 14.5.